The van der Waals surface area contributed by atoms with Gasteiger partial charge in [-0.25, -0.2) is 4.39 Å². The van der Waals surface area contributed by atoms with Gasteiger partial charge >= 0.3 is 5.97 Å². The molecule has 0 heterocycles. The first kappa shape index (κ1) is 16.8. The number of nitrogens with one attached hydrogen (secondary N) is 1. The van der Waals surface area contributed by atoms with Crippen LogP contribution in [-0.2, 0) is 9.53 Å². The largest absolute Gasteiger partial charge is 0.488 e. The number of halogens is 1. The monoisotopic (exact) mass is 300 g/mol. The Morgan fingerprint density at radius 3 is 2.71 bits per heavy atom. The first-order chi connectivity index (χ1) is 9.90. The summed E-state index contributed by atoms with van der Waals surface area (Å²) >= 11 is 0. The van der Waals surface area contributed by atoms with E-state index in [-0.39, 0.29) is 23.6 Å². The van der Waals surface area contributed by atoms with Crippen LogP contribution in [0.3, 0.4) is 0 Å². The van der Waals surface area contributed by atoms with Crippen LogP contribution in [0.5, 0.6) is 5.75 Å². The van der Waals surface area contributed by atoms with E-state index in [4.69, 9.17) is 4.74 Å². The van der Waals surface area contributed by atoms with E-state index < -0.39 is 22.8 Å². The Kier molecular flexibility index (Phi) is 6.04. The molecule has 21 heavy (non-hydrogen) atoms. The predicted molar refractivity (Wildman–Crippen MR) is 72.8 cm³/mol. The maximum absolute atomic E-state index is 13.7. The Bertz CT molecular complexity index is 536. The third-order valence-electron chi connectivity index (χ3n) is 2.79. The van der Waals surface area contributed by atoms with Crippen LogP contribution < -0.4 is 10.1 Å². The number of likely N-dealkylation sites (N-methyl/N-ethyl adjacent to an activating group) is 1. The van der Waals surface area contributed by atoms with E-state index in [2.05, 4.69) is 10.1 Å². The predicted octanol–water partition coefficient (Wildman–Crippen LogP) is 1.57. The molecule has 0 bridgehead atoms. The third-order valence-corrected chi connectivity index (χ3v) is 2.79. The fourth-order valence-corrected chi connectivity index (χ4v) is 1.72. The SMILES string of the molecule is CCNC(COc1cc(C)c([N+](=O)[O-])cc1F)C(=O)OC. The molecular formula is C13H17FN2O5. The molecule has 1 aromatic carbocycles. The van der Waals surface area contributed by atoms with Crippen molar-refractivity contribution >= 4 is 11.7 Å². The van der Waals surface area contributed by atoms with Gasteiger partial charge in [0.2, 0.25) is 0 Å². The summed E-state index contributed by atoms with van der Waals surface area (Å²) in [5.41, 5.74) is -0.0504. The van der Waals surface area contributed by atoms with Crippen LogP contribution in [0.25, 0.3) is 0 Å². The number of ether oxygens (including phenoxy) is 2. The standard InChI is InChI=1S/C13H17FN2O5/c1-4-15-10(13(17)20-3)7-21-12-5-8(2)11(16(18)19)6-9(12)14/h5-6,10,15H,4,7H2,1-3H3. The number of esters is 1. The summed E-state index contributed by atoms with van der Waals surface area (Å²) < 4.78 is 23.6. The van der Waals surface area contributed by atoms with Gasteiger partial charge in [-0.05, 0) is 19.5 Å². The number of carbonyl (C=O) groups is 1. The van der Waals surface area contributed by atoms with E-state index in [1.165, 1.54) is 20.1 Å². The molecule has 0 aliphatic rings. The highest BCUT2D eigenvalue weighted by Crippen LogP contribution is 2.27. The number of aryl methyl sites for hydroxylation is 1. The van der Waals surface area contributed by atoms with Gasteiger partial charge in [-0.2, -0.15) is 0 Å². The smallest absolute Gasteiger partial charge is 0.326 e. The van der Waals surface area contributed by atoms with Gasteiger partial charge in [0.15, 0.2) is 11.6 Å². The van der Waals surface area contributed by atoms with Crippen molar-refractivity contribution in [2.45, 2.75) is 19.9 Å². The van der Waals surface area contributed by atoms with Crippen molar-refractivity contribution in [2.24, 2.45) is 0 Å². The molecule has 1 N–H and O–H groups in total. The van der Waals surface area contributed by atoms with Crippen LogP contribution in [0, 0.1) is 22.9 Å². The van der Waals surface area contributed by atoms with Gasteiger partial charge < -0.3 is 14.8 Å². The minimum absolute atomic E-state index is 0.144. The second-order valence-corrected chi connectivity index (χ2v) is 4.27. The average Bonchev–Trinajstić information content (AvgIpc) is 2.45. The van der Waals surface area contributed by atoms with Crippen LogP contribution in [0.2, 0.25) is 0 Å². The number of benzene rings is 1. The number of methoxy groups -OCH3 is 1. The normalized spacial score (nSPS) is 11.8. The molecule has 0 aliphatic carbocycles. The lowest BCUT2D eigenvalue weighted by Gasteiger charge is -2.16. The number of nitrogens with zero attached hydrogens (tertiary/aromatic N) is 1. The van der Waals surface area contributed by atoms with Gasteiger partial charge in [0.25, 0.3) is 5.69 Å². The molecule has 116 valence electrons. The Labute approximate surface area is 121 Å². The van der Waals surface area contributed by atoms with Crippen molar-refractivity contribution in [2.75, 3.05) is 20.3 Å². The summed E-state index contributed by atoms with van der Waals surface area (Å²) in [6, 6.07) is 1.29. The minimum Gasteiger partial charge on any atom is -0.488 e. The molecule has 0 amide bonds. The average molecular weight is 300 g/mol. The molecule has 0 radical (unpaired) electrons. The molecule has 7 nitrogen and oxygen atoms in total. The highest BCUT2D eigenvalue weighted by molar-refractivity contribution is 5.75. The lowest BCUT2D eigenvalue weighted by atomic mass is 10.2. The van der Waals surface area contributed by atoms with E-state index in [9.17, 15) is 19.3 Å². The lowest BCUT2D eigenvalue weighted by Crippen LogP contribution is -2.42. The molecule has 0 spiro atoms. The molecule has 0 saturated carbocycles. The van der Waals surface area contributed by atoms with Crippen LogP contribution in [-0.4, -0.2) is 37.2 Å². The summed E-state index contributed by atoms with van der Waals surface area (Å²) in [5, 5.41) is 13.5. The zero-order valence-corrected chi connectivity index (χ0v) is 12.0. The fraction of sp³-hybridized carbons (Fsp3) is 0.462. The number of nitro benzene ring substituents is 1. The van der Waals surface area contributed by atoms with Crippen LogP contribution in [0.15, 0.2) is 12.1 Å². The first-order valence-corrected chi connectivity index (χ1v) is 6.29. The third kappa shape index (κ3) is 4.38. The summed E-state index contributed by atoms with van der Waals surface area (Å²) in [4.78, 5) is 21.5. The molecular weight excluding hydrogens is 283 g/mol. The minimum atomic E-state index is -0.854. The zero-order valence-electron chi connectivity index (χ0n) is 12.0. The Hall–Kier alpha value is -2.22. The van der Waals surface area contributed by atoms with Crippen molar-refractivity contribution in [3.05, 3.63) is 33.6 Å². The van der Waals surface area contributed by atoms with Gasteiger partial charge in [0.1, 0.15) is 12.6 Å². The van der Waals surface area contributed by atoms with Crippen molar-refractivity contribution < 1.29 is 23.6 Å². The van der Waals surface area contributed by atoms with Crippen molar-refractivity contribution in [1.29, 1.82) is 0 Å². The Morgan fingerprint density at radius 2 is 2.19 bits per heavy atom. The lowest BCUT2D eigenvalue weighted by molar-refractivity contribution is -0.385. The van der Waals surface area contributed by atoms with Crippen LogP contribution in [0.1, 0.15) is 12.5 Å². The number of nitro groups is 1. The number of hydrogen-bond donors (Lipinski definition) is 1. The molecule has 1 rings (SSSR count). The van der Waals surface area contributed by atoms with E-state index in [1.54, 1.807) is 6.92 Å². The van der Waals surface area contributed by atoms with E-state index in [0.29, 0.717) is 6.54 Å². The second-order valence-electron chi connectivity index (χ2n) is 4.27. The maximum atomic E-state index is 13.7. The highest BCUT2D eigenvalue weighted by Gasteiger charge is 2.21. The van der Waals surface area contributed by atoms with E-state index in [1.807, 2.05) is 0 Å². The molecule has 0 aliphatic heterocycles. The number of hydrogen-bond acceptors (Lipinski definition) is 6. The summed E-state index contributed by atoms with van der Waals surface area (Å²) in [6.45, 7) is 3.64. The molecule has 0 aromatic heterocycles. The second kappa shape index (κ2) is 7.53. The zero-order chi connectivity index (χ0) is 16.0. The molecule has 1 aromatic rings. The summed E-state index contributed by atoms with van der Waals surface area (Å²) in [7, 11) is 1.24. The van der Waals surface area contributed by atoms with Crippen molar-refractivity contribution in [3.63, 3.8) is 0 Å². The van der Waals surface area contributed by atoms with Crippen LogP contribution >= 0.6 is 0 Å². The summed E-state index contributed by atoms with van der Waals surface area (Å²) in [5.74, 6) is -1.53. The van der Waals surface area contributed by atoms with Gasteiger partial charge in [-0.3, -0.25) is 14.9 Å². The topological polar surface area (TPSA) is 90.7 Å². The van der Waals surface area contributed by atoms with Gasteiger partial charge in [-0.1, -0.05) is 6.92 Å². The first-order valence-electron chi connectivity index (χ1n) is 6.29. The van der Waals surface area contributed by atoms with Crippen molar-refractivity contribution in [3.8, 4) is 5.75 Å². The van der Waals surface area contributed by atoms with E-state index >= 15 is 0 Å². The summed E-state index contributed by atoms with van der Waals surface area (Å²) in [6.07, 6.45) is 0. The number of carbonyl (C=O) groups excluding carboxylic acids is 1. The number of rotatable bonds is 7. The fourth-order valence-electron chi connectivity index (χ4n) is 1.72. The van der Waals surface area contributed by atoms with E-state index in [0.717, 1.165) is 6.07 Å². The quantitative estimate of drug-likeness (QED) is 0.467. The van der Waals surface area contributed by atoms with Crippen LogP contribution in [0.4, 0.5) is 10.1 Å². The van der Waals surface area contributed by atoms with Gasteiger partial charge in [-0.15, -0.1) is 0 Å². The maximum Gasteiger partial charge on any atom is 0.326 e. The molecule has 8 heteroatoms. The molecule has 1 unspecified atom stereocenters. The Balaban J connectivity index is 2.85. The highest BCUT2D eigenvalue weighted by atomic mass is 19.1. The van der Waals surface area contributed by atoms with Gasteiger partial charge in [0.05, 0.1) is 18.1 Å². The molecule has 1 atom stereocenters. The molecule has 0 fully saturated rings. The van der Waals surface area contributed by atoms with Crippen molar-refractivity contribution in [1.82, 2.24) is 5.32 Å². The Morgan fingerprint density at radius 1 is 1.52 bits per heavy atom. The van der Waals surface area contributed by atoms with Gasteiger partial charge in [0, 0.05) is 5.56 Å². The molecule has 0 saturated heterocycles.